The summed E-state index contributed by atoms with van der Waals surface area (Å²) in [6, 6.07) is 17.1. The SMILES string of the molecule is CCCNC(Cc1ccccc1)c1ccc(Cl)cc1C. The summed E-state index contributed by atoms with van der Waals surface area (Å²) < 4.78 is 0. The van der Waals surface area contributed by atoms with Gasteiger partial charge in [-0.15, -0.1) is 0 Å². The number of rotatable bonds is 6. The van der Waals surface area contributed by atoms with E-state index >= 15 is 0 Å². The molecule has 0 amide bonds. The van der Waals surface area contributed by atoms with Crippen molar-refractivity contribution in [3.8, 4) is 0 Å². The van der Waals surface area contributed by atoms with Crippen molar-refractivity contribution >= 4 is 11.6 Å². The highest BCUT2D eigenvalue weighted by atomic mass is 35.5. The van der Waals surface area contributed by atoms with Crippen LogP contribution in [0.25, 0.3) is 0 Å². The van der Waals surface area contributed by atoms with Crippen molar-refractivity contribution in [1.29, 1.82) is 0 Å². The molecule has 0 spiro atoms. The van der Waals surface area contributed by atoms with Gasteiger partial charge in [0.2, 0.25) is 0 Å². The first-order valence-electron chi connectivity index (χ1n) is 7.24. The van der Waals surface area contributed by atoms with Crippen molar-refractivity contribution < 1.29 is 0 Å². The number of aryl methyl sites for hydroxylation is 1. The molecule has 1 atom stereocenters. The maximum absolute atomic E-state index is 6.07. The topological polar surface area (TPSA) is 12.0 Å². The van der Waals surface area contributed by atoms with Gasteiger partial charge in [-0.05, 0) is 55.1 Å². The molecule has 0 bridgehead atoms. The van der Waals surface area contributed by atoms with Gasteiger partial charge in [0.05, 0.1) is 0 Å². The Kier molecular flexibility index (Phi) is 5.63. The number of hydrogen-bond acceptors (Lipinski definition) is 1. The Hall–Kier alpha value is -1.31. The van der Waals surface area contributed by atoms with Gasteiger partial charge in [0.1, 0.15) is 0 Å². The third kappa shape index (κ3) is 4.09. The van der Waals surface area contributed by atoms with E-state index in [-0.39, 0.29) is 0 Å². The van der Waals surface area contributed by atoms with E-state index in [1.807, 2.05) is 12.1 Å². The second-order valence-electron chi connectivity index (χ2n) is 5.20. The largest absolute Gasteiger partial charge is 0.310 e. The van der Waals surface area contributed by atoms with E-state index in [1.165, 1.54) is 16.7 Å². The lowest BCUT2D eigenvalue weighted by atomic mass is 9.95. The molecule has 1 N–H and O–H groups in total. The van der Waals surface area contributed by atoms with Gasteiger partial charge in [-0.3, -0.25) is 0 Å². The van der Waals surface area contributed by atoms with Gasteiger partial charge >= 0.3 is 0 Å². The molecule has 2 aromatic carbocycles. The summed E-state index contributed by atoms with van der Waals surface area (Å²) in [7, 11) is 0. The van der Waals surface area contributed by atoms with Crippen molar-refractivity contribution in [2.75, 3.05) is 6.54 Å². The van der Waals surface area contributed by atoms with E-state index in [4.69, 9.17) is 11.6 Å². The molecule has 0 saturated carbocycles. The summed E-state index contributed by atoms with van der Waals surface area (Å²) in [4.78, 5) is 0. The monoisotopic (exact) mass is 287 g/mol. The summed E-state index contributed by atoms with van der Waals surface area (Å²) in [5.41, 5.74) is 3.95. The lowest BCUT2D eigenvalue weighted by molar-refractivity contribution is 0.527. The van der Waals surface area contributed by atoms with E-state index in [2.05, 4.69) is 55.6 Å². The van der Waals surface area contributed by atoms with E-state index in [9.17, 15) is 0 Å². The normalized spacial score (nSPS) is 12.3. The molecule has 2 aromatic rings. The van der Waals surface area contributed by atoms with Crippen LogP contribution < -0.4 is 5.32 Å². The molecule has 106 valence electrons. The van der Waals surface area contributed by atoms with Crippen LogP contribution in [0, 0.1) is 6.92 Å². The predicted octanol–water partition coefficient (Wildman–Crippen LogP) is 4.93. The van der Waals surface area contributed by atoms with Crippen LogP contribution in [0.1, 0.15) is 36.1 Å². The fraction of sp³-hybridized carbons (Fsp3) is 0.333. The summed E-state index contributed by atoms with van der Waals surface area (Å²) in [5, 5.41) is 4.46. The van der Waals surface area contributed by atoms with E-state index in [1.54, 1.807) is 0 Å². The van der Waals surface area contributed by atoms with Crippen molar-refractivity contribution in [2.45, 2.75) is 32.7 Å². The Morgan fingerprint density at radius 2 is 1.85 bits per heavy atom. The Labute approximate surface area is 127 Å². The van der Waals surface area contributed by atoms with Crippen LogP contribution >= 0.6 is 11.6 Å². The van der Waals surface area contributed by atoms with Crippen LogP contribution in [-0.4, -0.2) is 6.54 Å². The van der Waals surface area contributed by atoms with Gasteiger partial charge in [-0.2, -0.15) is 0 Å². The van der Waals surface area contributed by atoms with Crippen molar-refractivity contribution in [2.24, 2.45) is 0 Å². The molecule has 1 nitrogen and oxygen atoms in total. The van der Waals surface area contributed by atoms with E-state index < -0.39 is 0 Å². The van der Waals surface area contributed by atoms with Gasteiger partial charge in [-0.25, -0.2) is 0 Å². The van der Waals surface area contributed by atoms with Gasteiger partial charge < -0.3 is 5.32 Å². The minimum Gasteiger partial charge on any atom is -0.310 e. The average Bonchev–Trinajstić information content (AvgIpc) is 2.45. The number of nitrogens with one attached hydrogen (secondary N) is 1. The fourth-order valence-corrected chi connectivity index (χ4v) is 2.72. The molecule has 1 unspecified atom stereocenters. The van der Waals surface area contributed by atoms with Crippen LogP contribution in [0.15, 0.2) is 48.5 Å². The molecule has 0 heterocycles. The molecule has 2 rings (SSSR count). The van der Waals surface area contributed by atoms with Gasteiger partial charge in [0.15, 0.2) is 0 Å². The van der Waals surface area contributed by atoms with Gasteiger partial charge in [-0.1, -0.05) is 54.9 Å². The Balaban J connectivity index is 2.22. The second-order valence-corrected chi connectivity index (χ2v) is 5.63. The maximum atomic E-state index is 6.07. The Morgan fingerprint density at radius 1 is 1.10 bits per heavy atom. The summed E-state index contributed by atoms with van der Waals surface area (Å²) in [5.74, 6) is 0. The second kappa shape index (κ2) is 7.47. The third-order valence-corrected chi connectivity index (χ3v) is 3.77. The highest BCUT2D eigenvalue weighted by molar-refractivity contribution is 6.30. The minimum absolute atomic E-state index is 0.342. The molecule has 2 heteroatoms. The van der Waals surface area contributed by atoms with Gasteiger partial charge in [0.25, 0.3) is 0 Å². The highest BCUT2D eigenvalue weighted by Crippen LogP contribution is 2.24. The zero-order valence-electron chi connectivity index (χ0n) is 12.2. The summed E-state index contributed by atoms with van der Waals surface area (Å²) in [6.07, 6.45) is 2.14. The molecule has 0 saturated heterocycles. The van der Waals surface area contributed by atoms with Crippen molar-refractivity contribution in [1.82, 2.24) is 5.32 Å². The van der Waals surface area contributed by atoms with Gasteiger partial charge in [0, 0.05) is 11.1 Å². The van der Waals surface area contributed by atoms with E-state index in [0.29, 0.717) is 6.04 Å². The molecule has 0 aliphatic rings. The quantitative estimate of drug-likeness (QED) is 0.794. The average molecular weight is 288 g/mol. The fourth-order valence-electron chi connectivity index (χ4n) is 2.49. The zero-order chi connectivity index (χ0) is 14.4. The third-order valence-electron chi connectivity index (χ3n) is 3.53. The molecule has 0 fully saturated rings. The van der Waals surface area contributed by atoms with E-state index in [0.717, 1.165) is 24.4 Å². The molecule has 0 aliphatic carbocycles. The van der Waals surface area contributed by atoms with Crippen LogP contribution in [0.3, 0.4) is 0 Å². The molecule has 0 aliphatic heterocycles. The minimum atomic E-state index is 0.342. The van der Waals surface area contributed by atoms with Crippen molar-refractivity contribution in [3.63, 3.8) is 0 Å². The molecule has 20 heavy (non-hydrogen) atoms. The summed E-state index contributed by atoms with van der Waals surface area (Å²) in [6.45, 7) is 5.35. The first-order chi connectivity index (χ1) is 9.70. The van der Waals surface area contributed by atoms with Crippen LogP contribution in [0.4, 0.5) is 0 Å². The first-order valence-corrected chi connectivity index (χ1v) is 7.62. The maximum Gasteiger partial charge on any atom is 0.0408 e. The van der Waals surface area contributed by atoms with Crippen LogP contribution in [0.5, 0.6) is 0 Å². The molecule has 0 radical (unpaired) electrons. The van der Waals surface area contributed by atoms with Crippen LogP contribution in [-0.2, 0) is 6.42 Å². The number of benzene rings is 2. The first kappa shape index (κ1) is 15.1. The Bertz CT molecular complexity index is 536. The predicted molar refractivity (Wildman–Crippen MR) is 87.4 cm³/mol. The lowest BCUT2D eigenvalue weighted by Gasteiger charge is -2.21. The Morgan fingerprint density at radius 3 is 2.50 bits per heavy atom. The zero-order valence-corrected chi connectivity index (χ0v) is 13.0. The molecular formula is C18H22ClN. The smallest absolute Gasteiger partial charge is 0.0408 e. The van der Waals surface area contributed by atoms with Crippen molar-refractivity contribution in [3.05, 3.63) is 70.2 Å². The number of hydrogen-bond donors (Lipinski definition) is 1. The summed E-state index contributed by atoms with van der Waals surface area (Å²) >= 11 is 6.07. The molecular weight excluding hydrogens is 266 g/mol. The standard InChI is InChI=1S/C18H22ClN/c1-3-11-20-18(13-15-7-5-4-6-8-15)17-10-9-16(19)12-14(17)2/h4-10,12,18,20H,3,11,13H2,1-2H3. The van der Waals surface area contributed by atoms with Crippen LogP contribution in [0.2, 0.25) is 5.02 Å². The highest BCUT2D eigenvalue weighted by Gasteiger charge is 2.13. The lowest BCUT2D eigenvalue weighted by Crippen LogP contribution is -2.24. The molecule has 0 aromatic heterocycles. The number of halogens is 1.